The highest BCUT2D eigenvalue weighted by atomic mass is 16.1. The van der Waals surface area contributed by atoms with Gasteiger partial charge in [-0.05, 0) is 19.3 Å². The van der Waals surface area contributed by atoms with Gasteiger partial charge < -0.3 is 4.57 Å². The van der Waals surface area contributed by atoms with E-state index in [-0.39, 0.29) is 0 Å². The number of imidazole rings is 1. The summed E-state index contributed by atoms with van der Waals surface area (Å²) in [7, 11) is 0. The molecule has 2 heterocycles. The van der Waals surface area contributed by atoms with E-state index in [9.17, 15) is 4.79 Å². The molecule has 0 bridgehead atoms. The molecule has 1 aromatic rings. The van der Waals surface area contributed by atoms with E-state index in [0.29, 0.717) is 24.7 Å². The van der Waals surface area contributed by atoms with Crippen molar-refractivity contribution in [3.05, 3.63) is 17.2 Å². The third-order valence-electron chi connectivity index (χ3n) is 2.96. The molecule has 0 radical (unpaired) electrons. The summed E-state index contributed by atoms with van der Waals surface area (Å²) in [6.45, 7) is 7.00. The smallest absolute Gasteiger partial charge is 0.153 e. The second-order valence-corrected chi connectivity index (χ2v) is 4.78. The van der Waals surface area contributed by atoms with Crippen LogP contribution in [0.5, 0.6) is 0 Å². The van der Waals surface area contributed by atoms with Crippen LogP contribution in [-0.2, 0) is 24.2 Å². The van der Waals surface area contributed by atoms with Crippen molar-refractivity contribution in [3.63, 3.8) is 0 Å². The van der Waals surface area contributed by atoms with Crippen LogP contribution < -0.4 is 0 Å². The standard InChI is InChI=1S/C12H18N2O/c1-8(2)6-11-9(3)14-7-10(15)4-5-12(14)13-11/h8H,4-7H2,1-3H3. The summed E-state index contributed by atoms with van der Waals surface area (Å²) in [6, 6.07) is 0. The second-order valence-electron chi connectivity index (χ2n) is 4.78. The fourth-order valence-electron chi connectivity index (χ4n) is 2.13. The Morgan fingerprint density at radius 1 is 1.40 bits per heavy atom. The fourth-order valence-corrected chi connectivity index (χ4v) is 2.13. The molecule has 0 fully saturated rings. The summed E-state index contributed by atoms with van der Waals surface area (Å²) in [5.74, 6) is 2.05. The second kappa shape index (κ2) is 3.80. The third kappa shape index (κ3) is 1.96. The van der Waals surface area contributed by atoms with Crippen molar-refractivity contribution >= 4 is 5.78 Å². The van der Waals surface area contributed by atoms with Gasteiger partial charge in [0, 0.05) is 18.5 Å². The zero-order chi connectivity index (χ0) is 11.0. The Hall–Kier alpha value is -1.12. The van der Waals surface area contributed by atoms with Gasteiger partial charge in [0.15, 0.2) is 5.78 Å². The van der Waals surface area contributed by atoms with Gasteiger partial charge in [-0.25, -0.2) is 4.98 Å². The highest BCUT2D eigenvalue weighted by Gasteiger charge is 2.21. The van der Waals surface area contributed by atoms with Crippen LogP contribution in [0.25, 0.3) is 0 Å². The monoisotopic (exact) mass is 206 g/mol. The van der Waals surface area contributed by atoms with E-state index in [1.807, 2.05) is 0 Å². The summed E-state index contributed by atoms with van der Waals surface area (Å²) in [6.07, 6.45) is 2.50. The van der Waals surface area contributed by atoms with Crippen molar-refractivity contribution in [1.82, 2.24) is 9.55 Å². The Labute approximate surface area is 90.5 Å². The van der Waals surface area contributed by atoms with E-state index in [1.165, 1.54) is 11.4 Å². The number of ketones is 1. The number of hydrogen-bond acceptors (Lipinski definition) is 2. The van der Waals surface area contributed by atoms with Gasteiger partial charge in [-0.3, -0.25) is 4.79 Å². The summed E-state index contributed by atoms with van der Waals surface area (Å²) in [4.78, 5) is 16.0. The molecule has 3 heteroatoms. The molecule has 0 N–H and O–H groups in total. The van der Waals surface area contributed by atoms with E-state index in [0.717, 1.165) is 18.7 Å². The fraction of sp³-hybridized carbons (Fsp3) is 0.667. The van der Waals surface area contributed by atoms with Crippen LogP contribution in [0, 0.1) is 12.8 Å². The summed E-state index contributed by atoms with van der Waals surface area (Å²) >= 11 is 0. The predicted molar refractivity (Wildman–Crippen MR) is 58.8 cm³/mol. The molecule has 0 amide bonds. The first-order chi connectivity index (χ1) is 7.08. The van der Waals surface area contributed by atoms with E-state index in [2.05, 4.69) is 30.3 Å². The molecule has 0 saturated heterocycles. The van der Waals surface area contributed by atoms with Gasteiger partial charge in [-0.15, -0.1) is 0 Å². The normalized spacial score (nSPS) is 15.9. The summed E-state index contributed by atoms with van der Waals surface area (Å²) in [5.41, 5.74) is 2.36. The molecular weight excluding hydrogens is 188 g/mol. The van der Waals surface area contributed by atoms with Gasteiger partial charge in [0.2, 0.25) is 0 Å². The molecule has 0 atom stereocenters. The minimum Gasteiger partial charge on any atom is -0.325 e. The molecular formula is C12H18N2O. The number of aromatic nitrogens is 2. The van der Waals surface area contributed by atoms with E-state index in [1.54, 1.807) is 0 Å². The van der Waals surface area contributed by atoms with Crippen LogP contribution in [0.3, 0.4) is 0 Å². The van der Waals surface area contributed by atoms with E-state index in [4.69, 9.17) is 0 Å². The van der Waals surface area contributed by atoms with Crippen molar-refractivity contribution in [2.75, 3.05) is 0 Å². The molecule has 0 spiro atoms. The Balaban J connectivity index is 2.32. The number of nitrogens with zero attached hydrogens (tertiary/aromatic N) is 2. The van der Waals surface area contributed by atoms with Crippen molar-refractivity contribution in [3.8, 4) is 0 Å². The van der Waals surface area contributed by atoms with Gasteiger partial charge in [0.25, 0.3) is 0 Å². The lowest BCUT2D eigenvalue weighted by Gasteiger charge is -2.13. The largest absolute Gasteiger partial charge is 0.325 e. The van der Waals surface area contributed by atoms with Gasteiger partial charge >= 0.3 is 0 Å². The van der Waals surface area contributed by atoms with Crippen LogP contribution in [0.1, 0.15) is 37.5 Å². The van der Waals surface area contributed by atoms with E-state index < -0.39 is 0 Å². The minimum absolute atomic E-state index is 0.332. The molecule has 0 aliphatic carbocycles. The van der Waals surface area contributed by atoms with Crippen molar-refractivity contribution in [1.29, 1.82) is 0 Å². The predicted octanol–water partition coefficient (Wildman–Crippen LogP) is 1.91. The quantitative estimate of drug-likeness (QED) is 0.740. The molecule has 1 aliphatic heterocycles. The zero-order valence-electron chi connectivity index (χ0n) is 9.71. The average molecular weight is 206 g/mol. The Morgan fingerprint density at radius 3 is 2.80 bits per heavy atom. The van der Waals surface area contributed by atoms with Gasteiger partial charge in [0.05, 0.1) is 12.2 Å². The SMILES string of the molecule is Cc1c(CC(C)C)nc2n1CC(=O)CC2. The number of hydrogen-bond donors (Lipinski definition) is 0. The van der Waals surface area contributed by atoms with Crippen LogP contribution in [-0.4, -0.2) is 15.3 Å². The molecule has 1 aliphatic rings. The van der Waals surface area contributed by atoms with Gasteiger partial charge in [-0.1, -0.05) is 13.8 Å². The molecule has 0 aromatic carbocycles. The Kier molecular flexibility index (Phi) is 2.63. The van der Waals surface area contributed by atoms with E-state index >= 15 is 0 Å². The lowest BCUT2D eigenvalue weighted by atomic mass is 10.1. The topological polar surface area (TPSA) is 34.9 Å². The average Bonchev–Trinajstić information content (AvgIpc) is 2.44. The molecule has 3 nitrogen and oxygen atoms in total. The lowest BCUT2D eigenvalue weighted by Crippen LogP contribution is -2.20. The number of carbonyl (C=O) groups excluding carboxylic acids is 1. The molecule has 2 rings (SSSR count). The maximum absolute atomic E-state index is 11.4. The first kappa shape index (κ1) is 10.4. The molecule has 82 valence electrons. The minimum atomic E-state index is 0.332. The molecule has 15 heavy (non-hydrogen) atoms. The van der Waals surface area contributed by atoms with Crippen molar-refractivity contribution < 1.29 is 4.79 Å². The van der Waals surface area contributed by atoms with Crippen LogP contribution >= 0.6 is 0 Å². The van der Waals surface area contributed by atoms with Crippen LogP contribution in [0.2, 0.25) is 0 Å². The van der Waals surface area contributed by atoms with Crippen LogP contribution in [0.15, 0.2) is 0 Å². The van der Waals surface area contributed by atoms with Gasteiger partial charge in [0.1, 0.15) is 5.82 Å². The third-order valence-corrected chi connectivity index (χ3v) is 2.96. The summed E-state index contributed by atoms with van der Waals surface area (Å²) in [5, 5.41) is 0. The first-order valence-electron chi connectivity index (χ1n) is 5.64. The van der Waals surface area contributed by atoms with Crippen molar-refractivity contribution in [2.45, 2.75) is 46.6 Å². The molecule has 1 aromatic heterocycles. The van der Waals surface area contributed by atoms with Crippen LogP contribution in [0.4, 0.5) is 0 Å². The number of aryl methyl sites for hydroxylation is 1. The van der Waals surface area contributed by atoms with Gasteiger partial charge in [-0.2, -0.15) is 0 Å². The molecule has 0 saturated carbocycles. The zero-order valence-corrected chi connectivity index (χ0v) is 9.71. The summed E-state index contributed by atoms with van der Waals surface area (Å²) < 4.78 is 2.09. The van der Waals surface area contributed by atoms with Crippen molar-refractivity contribution in [2.24, 2.45) is 5.92 Å². The Morgan fingerprint density at radius 2 is 2.13 bits per heavy atom. The lowest BCUT2D eigenvalue weighted by molar-refractivity contribution is -0.120. The number of Topliss-reactive ketones (excluding diaryl/α,β-unsaturated/α-hetero) is 1. The first-order valence-corrected chi connectivity index (χ1v) is 5.64. The Bertz CT molecular complexity index is 391. The number of fused-ring (bicyclic) bond motifs is 1. The highest BCUT2D eigenvalue weighted by molar-refractivity contribution is 5.79. The molecule has 0 unspecified atom stereocenters. The number of carbonyl (C=O) groups is 1. The maximum Gasteiger partial charge on any atom is 0.153 e. The number of rotatable bonds is 2. The highest BCUT2D eigenvalue weighted by Crippen LogP contribution is 2.19. The maximum atomic E-state index is 11.4.